The number of hydrogen-bond donors (Lipinski definition) is 1. The maximum absolute atomic E-state index is 11.0. The third-order valence-electron chi connectivity index (χ3n) is 2.50. The Bertz CT molecular complexity index is 598. The maximum atomic E-state index is 11.0. The molecule has 0 unspecified atom stereocenters. The van der Waals surface area contributed by atoms with Gasteiger partial charge in [0, 0.05) is 30.6 Å². The Morgan fingerprint density at radius 3 is 2.72 bits per heavy atom. The van der Waals surface area contributed by atoms with Crippen molar-refractivity contribution in [3.05, 3.63) is 46.3 Å². The molecule has 0 amide bonds. The predicted octanol–water partition coefficient (Wildman–Crippen LogP) is 2.40. The summed E-state index contributed by atoms with van der Waals surface area (Å²) in [4.78, 5) is 18.9. The number of nitrogens with zero attached hydrogens (tertiary/aromatic N) is 3. The summed E-state index contributed by atoms with van der Waals surface area (Å²) in [6, 6.07) is 6.51. The number of aromatic nitrogens is 2. The fourth-order valence-corrected chi connectivity index (χ4v) is 1.64. The van der Waals surface area contributed by atoms with Gasteiger partial charge in [0.15, 0.2) is 5.69 Å². The van der Waals surface area contributed by atoms with E-state index in [1.807, 2.05) is 6.92 Å². The normalized spacial score (nSPS) is 10.1. The second kappa shape index (κ2) is 4.79. The third kappa shape index (κ3) is 2.27. The molecule has 0 aliphatic carbocycles. The summed E-state index contributed by atoms with van der Waals surface area (Å²) in [6.45, 7) is 1.83. The summed E-state index contributed by atoms with van der Waals surface area (Å²) in [5.74, 6) is 0.588. The average Bonchev–Trinajstić information content (AvgIpc) is 2.38. The fraction of sp³-hybridized carbons (Fsp3) is 0.167. The maximum Gasteiger partial charge on any atom is 0.295 e. The van der Waals surface area contributed by atoms with Crippen molar-refractivity contribution in [2.45, 2.75) is 6.92 Å². The highest BCUT2D eigenvalue weighted by Crippen LogP contribution is 2.29. The summed E-state index contributed by atoms with van der Waals surface area (Å²) in [6.07, 6.45) is 1.61. The van der Waals surface area contributed by atoms with Gasteiger partial charge < -0.3 is 5.32 Å². The Morgan fingerprint density at radius 2 is 2.11 bits per heavy atom. The van der Waals surface area contributed by atoms with Crippen LogP contribution in [0.3, 0.4) is 0 Å². The molecule has 2 heterocycles. The van der Waals surface area contributed by atoms with Gasteiger partial charge in [-0.1, -0.05) is 0 Å². The molecule has 2 aromatic rings. The predicted molar refractivity (Wildman–Crippen MR) is 68.4 cm³/mol. The highest BCUT2D eigenvalue weighted by Gasteiger charge is 2.17. The molecule has 0 saturated heterocycles. The second-order valence-electron chi connectivity index (χ2n) is 3.76. The molecule has 2 aromatic heterocycles. The Balaban J connectivity index is 2.63. The van der Waals surface area contributed by atoms with Crippen LogP contribution in [0.25, 0.3) is 11.3 Å². The second-order valence-corrected chi connectivity index (χ2v) is 3.76. The number of pyridine rings is 2. The van der Waals surface area contributed by atoms with Crippen LogP contribution in [0.1, 0.15) is 5.69 Å². The fourth-order valence-electron chi connectivity index (χ4n) is 1.64. The molecule has 0 saturated carbocycles. The van der Waals surface area contributed by atoms with E-state index in [2.05, 4.69) is 15.3 Å². The van der Waals surface area contributed by atoms with E-state index in [1.165, 1.54) is 6.07 Å². The van der Waals surface area contributed by atoms with Gasteiger partial charge in [-0.25, -0.2) is 4.98 Å². The van der Waals surface area contributed by atoms with Crippen LogP contribution in [0.5, 0.6) is 0 Å². The van der Waals surface area contributed by atoms with Crippen molar-refractivity contribution in [1.82, 2.24) is 9.97 Å². The van der Waals surface area contributed by atoms with Crippen LogP contribution in [0.4, 0.5) is 11.5 Å². The lowest BCUT2D eigenvalue weighted by Crippen LogP contribution is -1.99. The van der Waals surface area contributed by atoms with E-state index in [1.54, 1.807) is 31.4 Å². The Kier molecular flexibility index (Phi) is 3.18. The van der Waals surface area contributed by atoms with Crippen LogP contribution in [0.15, 0.2) is 30.5 Å². The molecule has 0 aliphatic heterocycles. The van der Waals surface area contributed by atoms with Gasteiger partial charge in [0.1, 0.15) is 5.82 Å². The molecule has 0 radical (unpaired) electrons. The average molecular weight is 244 g/mol. The lowest BCUT2D eigenvalue weighted by atomic mass is 10.1. The number of aryl methyl sites for hydroxylation is 1. The smallest absolute Gasteiger partial charge is 0.295 e. The minimum absolute atomic E-state index is 0.0143. The van der Waals surface area contributed by atoms with Crippen LogP contribution in [-0.4, -0.2) is 21.9 Å². The molecule has 18 heavy (non-hydrogen) atoms. The molecule has 6 heteroatoms. The molecule has 0 spiro atoms. The van der Waals surface area contributed by atoms with E-state index in [0.717, 1.165) is 5.69 Å². The lowest BCUT2D eigenvalue weighted by Gasteiger charge is -2.05. The molecule has 6 nitrogen and oxygen atoms in total. The summed E-state index contributed by atoms with van der Waals surface area (Å²) in [5, 5.41) is 13.9. The van der Waals surface area contributed by atoms with E-state index in [-0.39, 0.29) is 5.69 Å². The first-order chi connectivity index (χ1) is 8.61. The molecule has 92 valence electrons. The zero-order valence-electron chi connectivity index (χ0n) is 10.0. The van der Waals surface area contributed by atoms with Crippen molar-refractivity contribution in [1.29, 1.82) is 0 Å². The van der Waals surface area contributed by atoms with Gasteiger partial charge in [0.05, 0.1) is 4.92 Å². The van der Waals surface area contributed by atoms with E-state index in [4.69, 9.17) is 0 Å². The van der Waals surface area contributed by atoms with E-state index < -0.39 is 4.92 Å². The molecular formula is C12H12N4O2. The molecule has 0 bridgehead atoms. The Labute approximate surface area is 104 Å². The molecule has 0 aliphatic rings. The van der Waals surface area contributed by atoms with Crippen molar-refractivity contribution >= 4 is 11.5 Å². The highest BCUT2D eigenvalue weighted by atomic mass is 16.6. The standard InChI is InChI=1S/C12H12N4O2/c1-8-7-9(5-6-14-8)12-10(16(17)18)3-4-11(13-2)15-12/h3-7H,1-2H3,(H,13,15). The summed E-state index contributed by atoms with van der Waals surface area (Å²) in [5.41, 5.74) is 1.81. The van der Waals surface area contributed by atoms with Crippen LogP contribution in [-0.2, 0) is 0 Å². The monoisotopic (exact) mass is 244 g/mol. The number of anilines is 1. The first-order valence-corrected chi connectivity index (χ1v) is 5.38. The van der Waals surface area contributed by atoms with Crippen molar-refractivity contribution < 1.29 is 4.92 Å². The van der Waals surface area contributed by atoms with Crippen LogP contribution < -0.4 is 5.32 Å². The van der Waals surface area contributed by atoms with E-state index in [9.17, 15) is 10.1 Å². The Morgan fingerprint density at radius 1 is 1.33 bits per heavy atom. The van der Waals surface area contributed by atoms with Crippen LogP contribution in [0.2, 0.25) is 0 Å². The number of nitrogens with one attached hydrogen (secondary N) is 1. The summed E-state index contributed by atoms with van der Waals surface area (Å²) >= 11 is 0. The SMILES string of the molecule is CNc1ccc([N+](=O)[O-])c(-c2ccnc(C)c2)n1. The summed E-state index contributed by atoms with van der Waals surface area (Å²) < 4.78 is 0. The molecule has 0 aromatic carbocycles. The Hall–Kier alpha value is -2.50. The van der Waals surface area contributed by atoms with Gasteiger partial charge in [-0.15, -0.1) is 0 Å². The van der Waals surface area contributed by atoms with E-state index in [0.29, 0.717) is 17.1 Å². The van der Waals surface area contributed by atoms with Gasteiger partial charge in [-0.3, -0.25) is 15.1 Å². The molecule has 1 N–H and O–H groups in total. The summed E-state index contributed by atoms with van der Waals surface area (Å²) in [7, 11) is 1.72. The van der Waals surface area contributed by atoms with Gasteiger partial charge in [-0.2, -0.15) is 0 Å². The zero-order chi connectivity index (χ0) is 13.1. The van der Waals surface area contributed by atoms with Crippen molar-refractivity contribution in [2.24, 2.45) is 0 Å². The van der Waals surface area contributed by atoms with Crippen molar-refractivity contribution in [3.63, 3.8) is 0 Å². The van der Waals surface area contributed by atoms with Gasteiger partial charge in [0.2, 0.25) is 0 Å². The highest BCUT2D eigenvalue weighted by molar-refractivity contribution is 5.71. The van der Waals surface area contributed by atoms with Gasteiger partial charge in [0.25, 0.3) is 5.69 Å². The van der Waals surface area contributed by atoms with Crippen LogP contribution in [0, 0.1) is 17.0 Å². The van der Waals surface area contributed by atoms with Crippen molar-refractivity contribution in [2.75, 3.05) is 12.4 Å². The zero-order valence-corrected chi connectivity index (χ0v) is 10.0. The van der Waals surface area contributed by atoms with Gasteiger partial charge in [-0.05, 0) is 25.1 Å². The molecule has 2 rings (SSSR count). The van der Waals surface area contributed by atoms with Gasteiger partial charge >= 0.3 is 0 Å². The topological polar surface area (TPSA) is 81.0 Å². The lowest BCUT2D eigenvalue weighted by molar-refractivity contribution is -0.384. The largest absolute Gasteiger partial charge is 0.373 e. The molecule has 0 fully saturated rings. The van der Waals surface area contributed by atoms with Crippen molar-refractivity contribution in [3.8, 4) is 11.3 Å². The minimum atomic E-state index is -0.433. The first-order valence-electron chi connectivity index (χ1n) is 5.38. The number of rotatable bonds is 3. The molecule has 0 atom stereocenters. The molecular weight excluding hydrogens is 232 g/mol. The quantitative estimate of drug-likeness (QED) is 0.662. The minimum Gasteiger partial charge on any atom is -0.373 e. The van der Waals surface area contributed by atoms with E-state index >= 15 is 0 Å². The first kappa shape index (κ1) is 12.0. The third-order valence-corrected chi connectivity index (χ3v) is 2.50. The van der Waals surface area contributed by atoms with Crippen LogP contribution >= 0.6 is 0 Å². The number of hydrogen-bond acceptors (Lipinski definition) is 5. The number of nitro groups is 1.